The number of hydrogen-bond donors (Lipinski definition) is 0. The summed E-state index contributed by atoms with van der Waals surface area (Å²) >= 11 is 0. The first-order valence-electron chi connectivity index (χ1n) is 18.5. The fourth-order valence-corrected chi connectivity index (χ4v) is 8.43. The smallest absolute Gasteiger partial charge is 0.143 e. The molecule has 0 atom stereocenters. The van der Waals surface area contributed by atoms with Crippen molar-refractivity contribution < 1.29 is 4.42 Å². The lowest BCUT2D eigenvalue weighted by molar-refractivity contribution is 0.670. The summed E-state index contributed by atoms with van der Waals surface area (Å²) in [5, 5.41) is 12.1. The van der Waals surface area contributed by atoms with Gasteiger partial charge in [0, 0.05) is 33.3 Å². The average molecular weight is 688 g/mol. The molecule has 1 heterocycles. The van der Waals surface area contributed by atoms with Crippen molar-refractivity contribution in [1.82, 2.24) is 0 Å². The van der Waals surface area contributed by atoms with E-state index in [9.17, 15) is 0 Å². The van der Waals surface area contributed by atoms with Crippen LogP contribution in [0.15, 0.2) is 205 Å². The number of rotatable bonds is 5. The third-order valence-corrected chi connectivity index (χ3v) is 11.0. The number of fused-ring (bicyclic) bond motifs is 8. The molecule has 0 saturated heterocycles. The van der Waals surface area contributed by atoms with Crippen molar-refractivity contribution in [1.29, 1.82) is 0 Å². The van der Waals surface area contributed by atoms with Gasteiger partial charge in [0.2, 0.25) is 0 Å². The van der Waals surface area contributed by atoms with Gasteiger partial charge in [0.15, 0.2) is 0 Å². The highest BCUT2D eigenvalue weighted by atomic mass is 16.3. The molecule has 0 amide bonds. The van der Waals surface area contributed by atoms with Gasteiger partial charge in [-0.25, -0.2) is 0 Å². The Kier molecular flexibility index (Phi) is 6.90. The van der Waals surface area contributed by atoms with Crippen LogP contribution in [-0.4, -0.2) is 0 Å². The van der Waals surface area contributed by atoms with Crippen LogP contribution in [0.25, 0.3) is 87.3 Å². The topological polar surface area (TPSA) is 16.4 Å². The molecule has 0 aliphatic rings. The van der Waals surface area contributed by atoms with E-state index in [2.05, 4.69) is 205 Å². The Morgan fingerprint density at radius 3 is 1.74 bits per heavy atom. The van der Waals surface area contributed by atoms with Crippen molar-refractivity contribution in [2.24, 2.45) is 0 Å². The van der Waals surface area contributed by atoms with E-state index in [1.54, 1.807) is 0 Å². The van der Waals surface area contributed by atoms with Gasteiger partial charge in [0.25, 0.3) is 0 Å². The number of hydrogen-bond acceptors (Lipinski definition) is 2. The van der Waals surface area contributed by atoms with Crippen molar-refractivity contribution in [2.75, 3.05) is 4.90 Å². The summed E-state index contributed by atoms with van der Waals surface area (Å²) in [4.78, 5) is 2.40. The lowest BCUT2D eigenvalue weighted by Crippen LogP contribution is -2.11. The largest absolute Gasteiger partial charge is 0.455 e. The van der Waals surface area contributed by atoms with E-state index in [4.69, 9.17) is 4.42 Å². The lowest BCUT2D eigenvalue weighted by Gasteiger charge is -2.28. The number of anilines is 3. The molecule has 54 heavy (non-hydrogen) atoms. The van der Waals surface area contributed by atoms with Crippen LogP contribution < -0.4 is 4.90 Å². The van der Waals surface area contributed by atoms with E-state index in [1.807, 2.05) is 0 Å². The molecule has 0 aliphatic heterocycles. The van der Waals surface area contributed by atoms with Crippen LogP contribution >= 0.6 is 0 Å². The van der Waals surface area contributed by atoms with E-state index in [1.165, 1.54) is 54.2 Å². The Morgan fingerprint density at radius 2 is 0.889 bits per heavy atom. The summed E-state index contributed by atoms with van der Waals surface area (Å²) in [6.07, 6.45) is 0. The fourth-order valence-electron chi connectivity index (χ4n) is 8.43. The molecule has 0 saturated carbocycles. The molecular weight excluding hydrogens is 655 g/mol. The standard InChI is InChI=1S/C52H33NO/c1-2-14-38-33-51-49(32-37(38)13-1)48-21-10-20-47(52(48)54-51)46-18-7-8-22-50(46)53(41-29-30-45-39(31-41)24-23-35-12-4-6-17-43(35)45)40-27-25-36(26-28-40)44-19-9-15-34-11-3-5-16-42(34)44/h1-33H. The Bertz CT molecular complexity index is 3220. The highest BCUT2D eigenvalue weighted by Crippen LogP contribution is 2.46. The Hall–Kier alpha value is -7.16. The third kappa shape index (κ3) is 4.88. The molecule has 2 heteroatoms. The van der Waals surface area contributed by atoms with Crippen LogP contribution in [0.2, 0.25) is 0 Å². The number of para-hydroxylation sites is 2. The van der Waals surface area contributed by atoms with Crippen LogP contribution in [0, 0.1) is 0 Å². The molecule has 2 nitrogen and oxygen atoms in total. The SMILES string of the molecule is c1ccc(N(c2ccc(-c3cccc4ccccc34)cc2)c2ccc3c(ccc4ccccc43)c2)c(-c2cccc3c2oc2cc4ccccc4cc23)c1. The summed E-state index contributed by atoms with van der Waals surface area (Å²) < 4.78 is 6.77. The number of nitrogens with zero attached hydrogens (tertiary/aromatic N) is 1. The predicted octanol–water partition coefficient (Wildman–Crippen LogP) is 15.0. The summed E-state index contributed by atoms with van der Waals surface area (Å²) in [5.74, 6) is 0. The van der Waals surface area contributed by atoms with Crippen molar-refractivity contribution in [3.63, 3.8) is 0 Å². The highest BCUT2D eigenvalue weighted by Gasteiger charge is 2.21. The van der Waals surface area contributed by atoms with Gasteiger partial charge in [-0.05, 0) is 96.7 Å². The summed E-state index contributed by atoms with van der Waals surface area (Å²) in [5.41, 5.74) is 9.62. The van der Waals surface area contributed by atoms with Crippen LogP contribution in [0.4, 0.5) is 17.1 Å². The molecule has 0 spiro atoms. The van der Waals surface area contributed by atoms with Crippen LogP contribution in [0.3, 0.4) is 0 Å². The van der Waals surface area contributed by atoms with Crippen LogP contribution in [0.5, 0.6) is 0 Å². The summed E-state index contributed by atoms with van der Waals surface area (Å²) in [7, 11) is 0. The normalized spacial score (nSPS) is 11.7. The molecule has 0 unspecified atom stereocenters. The first-order valence-corrected chi connectivity index (χ1v) is 18.5. The first kappa shape index (κ1) is 30.5. The zero-order valence-electron chi connectivity index (χ0n) is 29.4. The van der Waals surface area contributed by atoms with Crippen molar-refractivity contribution in [3.05, 3.63) is 200 Å². The molecule has 10 aromatic carbocycles. The van der Waals surface area contributed by atoms with Crippen molar-refractivity contribution in [3.8, 4) is 22.3 Å². The summed E-state index contributed by atoms with van der Waals surface area (Å²) in [6, 6.07) is 72.3. The maximum atomic E-state index is 6.77. The van der Waals surface area contributed by atoms with Gasteiger partial charge in [0.1, 0.15) is 11.2 Å². The maximum Gasteiger partial charge on any atom is 0.143 e. The molecule has 0 bridgehead atoms. The van der Waals surface area contributed by atoms with E-state index in [-0.39, 0.29) is 0 Å². The van der Waals surface area contributed by atoms with E-state index >= 15 is 0 Å². The minimum Gasteiger partial charge on any atom is -0.455 e. The van der Waals surface area contributed by atoms with Gasteiger partial charge < -0.3 is 9.32 Å². The Balaban J connectivity index is 1.12. The van der Waals surface area contributed by atoms with Gasteiger partial charge in [-0.15, -0.1) is 0 Å². The second kappa shape index (κ2) is 12.2. The molecule has 0 aliphatic carbocycles. The Labute approximate surface area is 312 Å². The van der Waals surface area contributed by atoms with E-state index < -0.39 is 0 Å². The van der Waals surface area contributed by atoms with Gasteiger partial charge in [-0.2, -0.15) is 0 Å². The average Bonchev–Trinajstić information content (AvgIpc) is 3.60. The number of furan rings is 1. The monoisotopic (exact) mass is 687 g/mol. The molecule has 0 fully saturated rings. The molecule has 0 radical (unpaired) electrons. The zero-order valence-corrected chi connectivity index (χ0v) is 29.4. The molecule has 11 aromatic rings. The predicted molar refractivity (Wildman–Crippen MR) is 229 cm³/mol. The Morgan fingerprint density at radius 1 is 0.315 bits per heavy atom. The minimum absolute atomic E-state index is 0.895. The van der Waals surface area contributed by atoms with Gasteiger partial charge >= 0.3 is 0 Å². The molecule has 252 valence electrons. The van der Waals surface area contributed by atoms with E-state index in [0.717, 1.165) is 50.1 Å². The summed E-state index contributed by atoms with van der Waals surface area (Å²) in [6.45, 7) is 0. The van der Waals surface area contributed by atoms with Crippen LogP contribution in [0.1, 0.15) is 0 Å². The molecule has 1 aromatic heterocycles. The molecule has 0 N–H and O–H groups in total. The van der Waals surface area contributed by atoms with Gasteiger partial charge in [0.05, 0.1) is 5.69 Å². The second-order valence-corrected chi connectivity index (χ2v) is 14.1. The lowest BCUT2D eigenvalue weighted by atomic mass is 9.97. The van der Waals surface area contributed by atoms with Gasteiger partial charge in [-0.3, -0.25) is 0 Å². The third-order valence-electron chi connectivity index (χ3n) is 11.0. The molecular formula is C52H33NO. The quantitative estimate of drug-likeness (QED) is 0.168. The van der Waals surface area contributed by atoms with Crippen molar-refractivity contribution >= 4 is 82.1 Å². The maximum absolute atomic E-state index is 6.77. The minimum atomic E-state index is 0.895. The number of benzene rings is 10. The van der Waals surface area contributed by atoms with Crippen LogP contribution in [-0.2, 0) is 0 Å². The molecule has 11 rings (SSSR count). The van der Waals surface area contributed by atoms with E-state index in [0.29, 0.717) is 0 Å². The fraction of sp³-hybridized carbons (Fsp3) is 0. The van der Waals surface area contributed by atoms with Crippen molar-refractivity contribution in [2.45, 2.75) is 0 Å². The zero-order chi connectivity index (χ0) is 35.6. The van der Waals surface area contributed by atoms with Gasteiger partial charge in [-0.1, -0.05) is 158 Å². The highest BCUT2D eigenvalue weighted by molar-refractivity contribution is 6.14. The second-order valence-electron chi connectivity index (χ2n) is 14.1. The first-order chi connectivity index (χ1) is 26.8.